The normalized spacial score (nSPS) is 9.60. The number of rotatable bonds is 0. The first-order chi connectivity index (χ1) is 49.3. The van der Waals surface area contributed by atoms with Gasteiger partial charge in [-0.2, -0.15) is 0 Å². The molecule has 0 aliphatic carbocycles. The van der Waals surface area contributed by atoms with Crippen molar-refractivity contribution in [1.82, 2.24) is 29.9 Å². The molecule has 15 rings (SSSR count). The molecule has 4 aromatic heterocycles. The van der Waals surface area contributed by atoms with Gasteiger partial charge in [0.1, 0.15) is 0 Å². The molecule has 24 radical (unpaired) electrons. The fourth-order valence-corrected chi connectivity index (χ4v) is 9.40. The van der Waals surface area contributed by atoms with Gasteiger partial charge in [-0.05, 0) is 159 Å². The molecule has 2 aliphatic heterocycles. The van der Waals surface area contributed by atoms with E-state index in [9.17, 15) is 0 Å². The smallest absolute Gasteiger partial charge is 0.0931 e. The molecule has 0 unspecified atom stereocenters. The van der Waals surface area contributed by atoms with Crippen molar-refractivity contribution in [2.75, 3.05) is 17.2 Å². The molecular formula is C79H100B16N8. The number of fused-ring (bicyclic) bond motifs is 7. The third-order valence-electron chi connectivity index (χ3n) is 13.6. The summed E-state index contributed by atoms with van der Waals surface area (Å²) in [5, 5.41) is 11.8. The first kappa shape index (κ1) is 96.7. The van der Waals surface area contributed by atoms with E-state index in [2.05, 4.69) is 259 Å². The third-order valence-corrected chi connectivity index (χ3v) is 13.6. The number of H-pyrrole nitrogens is 4. The van der Waals surface area contributed by atoms with Crippen LogP contribution in [0.25, 0.3) is 54.6 Å². The van der Waals surface area contributed by atoms with Gasteiger partial charge in [0.25, 0.3) is 0 Å². The van der Waals surface area contributed by atoms with Crippen LogP contribution in [-0.2, 0) is 12.8 Å². The van der Waals surface area contributed by atoms with E-state index >= 15 is 0 Å². The standard InChI is InChI=1S/C11H10.C10H11N.C9H9N.2C8H8N2.C8H9N.C8H7N.C8H10.8CH3B2.CH4/c1-9-5-4-7-10-6-2-3-8-11(9)10;1-7-4-3-5-10-9(7)6-8(2)11-10;1-7-3-2-4-9-8(7)5-6-10-9;2*1-6-3-2-4-7-8(6)10-5-9-7;2*1-2-4-8-7(3-1)5-6-9-8;1-7-4-3-5-8(2)6-7;8*1-3-2;/h2-8H,1H3;3-5,11H,2,6H2,1H3;2-6,10H,1H3;2*2-5H,1H3,(H,9,10);1-4,9H,5-6H2;1-6,9H;3-6H,1-2H3;8*1H3;1H4. The van der Waals surface area contributed by atoms with Crippen molar-refractivity contribution in [3.8, 4) is 0 Å². The van der Waals surface area contributed by atoms with Gasteiger partial charge in [-0.15, -0.1) is 54.6 Å². The zero-order valence-electron chi connectivity index (χ0n) is 63.3. The van der Waals surface area contributed by atoms with Gasteiger partial charge < -0.3 is 30.6 Å². The van der Waals surface area contributed by atoms with E-state index in [1.54, 1.807) is 67.2 Å². The first-order valence-electron chi connectivity index (χ1n) is 33.9. The third kappa shape index (κ3) is 40.9. The van der Waals surface area contributed by atoms with E-state index in [1.807, 2.05) is 48.8 Å². The lowest BCUT2D eigenvalue weighted by atomic mass is 9.59. The highest BCUT2D eigenvalue weighted by Gasteiger charge is 2.14. The number of aromatic nitrogens is 6. The largest absolute Gasteiger partial charge is 0.384 e. The number of hydrogen-bond acceptors (Lipinski definition) is 4. The van der Waals surface area contributed by atoms with Crippen LogP contribution in [0.1, 0.15) is 57.5 Å². The molecule has 0 atom stereocenters. The number of nitrogens with one attached hydrogen (secondary N) is 6. The SMILES string of the molecule is C.C=C1Cc2c(C)cccc2N1.Cc1cccc(C)c1.Cc1cccc2[nH]ccc12.Cc1cccc2[nH]cnc12.Cc1cccc2[nH]cnc12.Cc1cccc2ccccc12.[B][B]C.[B][B]C.[B][B]C.[B][B]C.[B][B]C.[B][B]C.[B][B]C.[B][B]C.c1ccc2[nH]ccc2c1.c1ccc2c(c1)CCN2. The van der Waals surface area contributed by atoms with Gasteiger partial charge in [-0.3, -0.25) is 0 Å². The highest BCUT2D eigenvalue weighted by molar-refractivity contribution is 6.90. The number of nitrogens with zero attached hydrogens (tertiary/aromatic N) is 2. The lowest BCUT2D eigenvalue weighted by molar-refractivity contribution is 1.11. The molecule has 6 heterocycles. The maximum atomic E-state index is 4.72. The number of imidazole rings is 2. The monoisotopic (exact) mass is 1340 g/mol. The van der Waals surface area contributed by atoms with Crippen LogP contribution < -0.4 is 10.6 Å². The Hall–Kier alpha value is -8.36. The highest BCUT2D eigenvalue weighted by atomic mass is 14.9. The Morgan fingerprint density at radius 1 is 0.359 bits per heavy atom. The topological polar surface area (TPSA) is 113 Å². The molecule has 0 amide bonds. The molecule has 0 fully saturated rings. The van der Waals surface area contributed by atoms with E-state index in [0.29, 0.717) is 0 Å². The molecule has 0 saturated heterocycles. The van der Waals surface area contributed by atoms with Gasteiger partial charge >= 0.3 is 0 Å². The zero-order chi connectivity index (χ0) is 76.3. The fourth-order valence-electron chi connectivity index (χ4n) is 9.40. The van der Waals surface area contributed by atoms with Crippen LogP contribution in [0.3, 0.4) is 0 Å². The van der Waals surface area contributed by atoms with Crippen LogP contribution in [0.2, 0.25) is 54.6 Å². The van der Waals surface area contributed by atoms with Crippen LogP contribution in [0, 0.1) is 48.5 Å². The summed E-state index contributed by atoms with van der Waals surface area (Å²) in [6, 6.07) is 68.9. The van der Waals surface area contributed by atoms with Gasteiger partial charge in [-0.1, -0.05) is 177 Å². The van der Waals surface area contributed by atoms with Crippen molar-refractivity contribution in [3.63, 3.8) is 0 Å². The minimum Gasteiger partial charge on any atom is -0.384 e. The zero-order valence-corrected chi connectivity index (χ0v) is 63.3. The maximum Gasteiger partial charge on any atom is 0.0931 e. The Bertz CT molecular complexity index is 3930. The molecule has 2 aliphatic rings. The summed E-state index contributed by atoms with van der Waals surface area (Å²) in [6.07, 6.45) is 9.54. The number of hydrogen-bond donors (Lipinski definition) is 6. The summed E-state index contributed by atoms with van der Waals surface area (Å²) < 4.78 is 0. The van der Waals surface area contributed by atoms with E-state index in [0.717, 1.165) is 40.7 Å². The minimum absolute atomic E-state index is 0. The number of anilines is 2. The van der Waals surface area contributed by atoms with Gasteiger partial charge in [-0.25, -0.2) is 9.97 Å². The maximum absolute atomic E-state index is 4.72. The van der Waals surface area contributed by atoms with E-state index in [4.69, 9.17) is 61.9 Å². The number of para-hydroxylation sites is 4. The van der Waals surface area contributed by atoms with Crippen molar-refractivity contribution < 1.29 is 0 Å². The van der Waals surface area contributed by atoms with E-state index in [1.165, 1.54) is 158 Å². The Labute approximate surface area is 639 Å². The average molecular weight is 1330 g/mol. The van der Waals surface area contributed by atoms with Crippen molar-refractivity contribution in [2.45, 2.75) is 123 Å². The summed E-state index contributed by atoms with van der Waals surface area (Å²) in [4.78, 5) is 20.7. The summed E-state index contributed by atoms with van der Waals surface area (Å²) in [6.45, 7) is 34.0. The van der Waals surface area contributed by atoms with Crippen molar-refractivity contribution in [2.24, 2.45) is 0 Å². The Morgan fingerprint density at radius 2 is 0.738 bits per heavy atom. The summed E-state index contributed by atoms with van der Waals surface area (Å²) in [5.74, 6) is 0. The van der Waals surface area contributed by atoms with Crippen LogP contribution in [0.4, 0.5) is 11.4 Å². The van der Waals surface area contributed by atoms with Gasteiger partial charge in [0.2, 0.25) is 0 Å². The Morgan fingerprint density at radius 3 is 1.20 bits per heavy atom. The van der Waals surface area contributed by atoms with Crippen LogP contribution >= 0.6 is 0 Å². The molecule has 0 saturated carbocycles. The van der Waals surface area contributed by atoms with Gasteiger partial charge in [0.15, 0.2) is 0 Å². The quantitative estimate of drug-likeness (QED) is 0.0849. The Kier molecular flexibility index (Phi) is 58.4. The summed E-state index contributed by atoms with van der Waals surface area (Å²) in [5.41, 5.74) is 22.5. The van der Waals surface area contributed by atoms with Gasteiger partial charge in [0, 0.05) is 121 Å². The lowest BCUT2D eigenvalue weighted by Gasteiger charge is -2.00. The molecule has 6 N–H and O–H groups in total. The molecular weight excluding hydrogens is 1230 g/mol. The molecule has 8 nitrogen and oxygen atoms in total. The van der Waals surface area contributed by atoms with Crippen molar-refractivity contribution >= 4 is 185 Å². The van der Waals surface area contributed by atoms with Crippen LogP contribution in [-0.4, -0.2) is 156 Å². The fraction of sp³-hybridized carbons (Fsp3) is 0.241. The predicted octanol–water partition coefficient (Wildman–Crippen LogP) is 17.2. The molecule has 24 heteroatoms. The van der Waals surface area contributed by atoms with E-state index in [-0.39, 0.29) is 7.43 Å². The summed E-state index contributed by atoms with van der Waals surface area (Å²) >= 11 is 0. The molecule has 0 bridgehead atoms. The Balaban J connectivity index is 0. The molecule has 103 heavy (non-hydrogen) atoms. The average Bonchev–Trinajstić information content (AvgIpc) is 1.78. The predicted molar refractivity (Wildman–Crippen MR) is 480 cm³/mol. The number of allylic oxidation sites excluding steroid dienone is 1. The summed E-state index contributed by atoms with van der Waals surface area (Å²) in [7, 11) is 49.8. The number of benzene rings is 9. The van der Waals surface area contributed by atoms with E-state index < -0.39 is 0 Å². The second-order valence-corrected chi connectivity index (χ2v) is 22.3. The van der Waals surface area contributed by atoms with Crippen LogP contribution in [0.15, 0.2) is 238 Å². The van der Waals surface area contributed by atoms with Crippen molar-refractivity contribution in [3.05, 3.63) is 288 Å². The number of aryl methyl sites for hydroxylation is 7. The second kappa shape index (κ2) is 62.2. The van der Waals surface area contributed by atoms with Crippen LogP contribution in [0.5, 0.6) is 0 Å². The highest BCUT2D eigenvalue weighted by Crippen LogP contribution is 2.29. The molecule has 504 valence electrons. The number of aromatic amines is 4. The second-order valence-electron chi connectivity index (χ2n) is 22.3. The molecule has 13 aromatic rings. The molecule has 0 spiro atoms. The van der Waals surface area contributed by atoms with Crippen molar-refractivity contribution in [1.29, 1.82) is 0 Å². The lowest BCUT2D eigenvalue weighted by Crippen LogP contribution is -1.90. The first-order valence-corrected chi connectivity index (χ1v) is 33.9. The minimum atomic E-state index is 0. The molecule has 9 aromatic carbocycles. The van der Waals surface area contributed by atoms with Gasteiger partial charge in [0.05, 0.1) is 92.1 Å².